The van der Waals surface area contributed by atoms with Crippen molar-refractivity contribution >= 4 is 48.9 Å². The molecule has 0 radical (unpaired) electrons. The highest BCUT2D eigenvalue weighted by atomic mass is 79.9. The van der Waals surface area contributed by atoms with Crippen molar-refractivity contribution in [2.24, 2.45) is 0 Å². The van der Waals surface area contributed by atoms with Gasteiger partial charge in [0.25, 0.3) is 5.56 Å². The molecule has 0 fully saturated rings. The van der Waals surface area contributed by atoms with E-state index in [0.29, 0.717) is 18.5 Å². The summed E-state index contributed by atoms with van der Waals surface area (Å²) >= 11 is 5.12. The molecule has 0 aliphatic carbocycles. The third-order valence-electron chi connectivity index (χ3n) is 4.60. The zero-order valence-corrected chi connectivity index (χ0v) is 17.9. The molecule has 4 rings (SSSR count). The number of amides is 1. The molecule has 0 saturated heterocycles. The molecule has 0 bridgehead atoms. The van der Waals surface area contributed by atoms with Crippen LogP contribution in [-0.4, -0.2) is 20.1 Å². The van der Waals surface area contributed by atoms with Gasteiger partial charge in [-0.3, -0.25) is 14.0 Å². The summed E-state index contributed by atoms with van der Waals surface area (Å²) in [5.74, 6) is 0.516. The van der Waals surface area contributed by atoms with Crippen LogP contribution in [0.15, 0.2) is 45.7 Å². The lowest BCUT2D eigenvalue weighted by Gasteiger charge is -2.11. The maximum absolute atomic E-state index is 12.9. The summed E-state index contributed by atoms with van der Waals surface area (Å²) in [6.45, 7) is 4.32. The molecule has 6 nitrogen and oxygen atoms in total. The first-order valence-electron chi connectivity index (χ1n) is 8.99. The number of aryl methyl sites for hydroxylation is 2. The number of benzene rings is 1. The van der Waals surface area contributed by atoms with E-state index in [2.05, 4.69) is 32.4 Å². The van der Waals surface area contributed by atoms with Gasteiger partial charge in [0, 0.05) is 22.3 Å². The minimum Gasteiger partial charge on any atom is -0.350 e. The quantitative estimate of drug-likeness (QED) is 0.496. The van der Waals surface area contributed by atoms with E-state index in [9.17, 15) is 9.59 Å². The average molecular weight is 459 g/mol. The van der Waals surface area contributed by atoms with Crippen molar-refractivity contribution < 1.29 is 4.79 Å². The topological polar surface area (TPSA) is 68.4 Å². The van der Waals surface area contributed by atoms with Gasteiger partial charge < -0.3 is 5.32 Å². The second-order valence-electron chi connectivity index (χ2n) is 6.57. The predicted molar refractivity (Wildman–Crippen MR) is 115 cm³/mol. The standard InChI is InChI=1S/C20H19BrN4O2S/c1-3-18-23-24(11-19(26)22-10-13-6-4-5-7-14(13)21)20(27)16-9-17-15(25(16)18)8-12(2)28-17/h4-9H,3,10-11H2,1-2H3,(H,22,26). The van der Waals surface area contributed by atoms with Crippen LogP contribution in [0.4, 0.5) is 0 Å². The minimum atomic E-state index is -0.255. The van der Waals surface area contributed by atoms with E-state index < -0.39 is 0 Å². The molecule has 0 unspecified atom stereocenters. The van der Waals surface area contributed by atoms with Crippen LogP contribution in [0.5, 0.6) is 0 Å². The number of carbonyl (C=O) groups is 1. The number of hydrogen-bond donors (Lipinski definition) is 1. The summed E-state index contributed by atoms with van der Waals surface area (Å²) in [6.07, 6.45) is 0.661. The van der Waals surface area contributed by atoms with Crippen LogP contribution in [0.1, 0.15) is 23.2 Å². The summed E-state index contributed by atoms with van der Waals surface area (Å²) < 4.78 is 5.17. The second kappa shape index (κ2) is 7.52. The van der Waals surface area contributed by atoms with Crippen molar-refractivity contribution in [2.45, 2.75) is 33.4 Å². The van der Waals surface area contributed by atoms with Crippen LogP contribution < -0.4 is 10.9 Å². The van der Waals surface area contributed by atoms with Crippen LogP contribution in [0.2, 0.25) is 0 Å². The van der Waals surface area contributed by atoms with Gasteiger partial charge in [0.2, 0.25) is 5.91 Å². The monoisotopic (exact) mass is 458 g/mol. The number of nitrogens with zero attached hydrogens (tertiary/aromatic N) is 3. The van der Waals surface area contributed by atoms with Crippen LogP contribution >= 0.6 is 27.3 Å². The van der Waals surface area contributed by atoms with E-state index >= 15 is 0 Å². The highest BCUT2D eigenvalue weighted by molar-refractivity contribution is 9.10. The molecular weight excluding hydrogens is 440 g/mol. The largest absolute Gasteiger partial charge is 0.350 e. The lowest BCUT2D eigenvalue weighted by molar-refractivity contribution is -0.122. The number of thiophene rings is 1. The lowest BCUT2D eigenvalue weighted by atomic mass is 10.2. The van der Waals surface area contributed by atoms with Gasteiger partial charge in [0.1, 0.15) is 17.9 Å². The van der Waals surface area contributed by atoms with Gasteiger partial charge in [0.15, 0.2) is 0 Å². The number of nitrogens with one attached hydrogen (secondary N) is 1. The van der Waals surface area contributed by atoms with Crippen LogP contribution in [0.25, 0.3) is 15.7 Å². The molecule has 0 spiro atoms. The molecule has 1 amide bonds. The molecule has 4 aromatic rings. The van der Waals surface area contributed by atoms with E-state index in [4.69, 9.17) is 0 Å². The Balaban J connectivity index is 1.63. The smallest absolute Gasteiger partial charge is 0.291 e. The zero-order chi connectivity index (χ0) is 19.8. The maximum atomic E-state index is 12.9. The normalized spacial score (nSPS) is 11.4. The lowest BCUT2D eigenvalue weighted by Crippen LogP contribution is -2.35. The molecule has 1 aromatic carbocycles. The Hall–Kier alpha value is -2.45. The molecule has 3 heterocycles. The number of hydrogen-bond acceptors (Lipinski definition) is 4. The first-order chi connectivity index (χ1) is 13.5. The van der Waals surface area contributed by atoms with E-state index in [-0.39, 0.29) is 18.0 Å². The number of halogens is 1. The number of carbonyl (C=O) groups excluding carboxylic acids is 1. The molecular formula is C20H19BrN4O2S. The summed E-state index contributed by atoms with van der Waals surface area (Å²) in [6, 6.07) is 11.7. The summed E-state index contributed by atoms with van der Waals surface area (Å²) in [7, 11) is 0. The number of rotatable bonds is 5. The molecule has 0 atom stereocenters. The average Bonchev–Trinajstić information content (AvgIpc) is 3.20. The Morgan fingerprint density at radius 3 is 2.79 bits per heavy atom. The van der Waals surface area contributed by atoms with Gasteiger partial charge in [-0.25, -0.2) is 4.68 Å². The van der Waals surface area contributed by atoms with Crippen molar-refractivity contribution in [1.82, 2.24) is 19.5 Å². The van der Waals surface area contributed by atoms with E-state index in [1.807, 2.05) is 48.6 Å². The van der Waals surface area contributed by atoms with E-state index in [0.717, 1.165) is 26.1 Å². The zero-order valence-electron chi connectivity index (χ0n) is 15.5. The van der Waals surface area contributed by atoms with Gasteiger partial charge >= 0.3 is 0 Å². The third-order valence-corrected chi connectivity index (χ3v) is 6.36. The van der Waals surface area contributed by atoms with Gasteiger partial charge in [-0.2, -0.15) is 5.10 Å². The first kappa shape index (κ1) is 18.9. The Kier molecular flexibility index (Phi) is 5.07. The van der Waals surface area contributed by atoms with E-state index in [1.54, 1.807) is 11.3 Å². The minimum absolute atomic E-state index is 0.107. The molecule has 0 aliphatic heterocycles. The number of aromatic nitrogens is 3. The van der Waals surface area contributed by atoms with Gasteiger partial charge in [-0.15, -0.1) is 11.3 Å². The Morgan fingerprint density at radius 1 is 1.25 bits per heavy atom. The van der Waals surface area contributed by atoms with Gasteiger partial charge in [-0.05, 0) is 30.7 Å². The third kappa shape index (κ3) is 3.38. The second-order valence-corrected chi connectivity index (χ2v) is 8.71. The van der Waals surface area contributed by atoms with Gasteiger partial charge in [-0.1, -0.05) is 41.1 Å². The Morgan fingerprint density at radius 2 is 2.04 bits per heavy atom. The fraction of sp³-hybridized carbons (Fsp3) is 0.250. The molecule has 144 valence electrons. The van der Waals surface area contributed by atoms with Gasteiger partial charge in [0.05, 0.1) is 10.2 Å². The van der Waals surface area contributed by atoms with E-state index in [1.165, 1.54) is 9.56 Å². The fourth-order valence-corrected chi connectivity index (χ4v) is 4.64. The Bertz CT molecular complexity index is 1250. The molecule has 8 heteroatoms. The highest BCUT2D eigenvalue weighted by Crippen LogP contribution is 2.28. The molecule has 0 saturated carbocycles. The van der Waals surface area contributed by atoms with Crippen molar-refractivity contribution in [1.29, 1.82) is 0 Å². The molecule has 3 aromatic heterocycles. The summed E-state index contributed by atoms with van der Waals surface area (Å²) in [5, 5.41) is 7.32. The molecule has 1 N–H and O–H groups in total. The first-order valence-corrected chi connectivity index (χ1v) is 10.6. The van der Waals surface area contributed by atoms with Crippen LogP contribution in [-0.2, 0) is 24.3 Å². The predicted octanol–water partition coefficient (Wildman–Crippen LogP) is 3.66. The highest BCUT2D eigenvalue weighted by Gasteiger charge is 2.16. The maximum Gasteiger partial charge on any atom is 0.291 e. The van der Waals surface area contributed by atoms with Crippen LogP contribution in [0, 0.1) is 6.92 Å². The van der Waals surface area contributed by atoms with Crippen molar-refractivity contribution in [3.05, 3.63) is 67.5 Å². The van der Waals surface area contributed by atoms with Crippen molar-refractivity contribution in [2.75, 3.05) is 0 Å². The molecule has 0 aliphatic rings. The fourth-order valence-electron chi connectivity index (χ4n) is 3.28. The van der Waals surface area contributed by atoms with Crippen LogP contribution in [0.3, 0.4) is 0 Å². The Labute approximate surface area is 173 Å². The van der Waals surface area contributed by atoms with Crippen molar-refractivity contribution in [3.8, 4) is 0 Å². The summed E-state index contributed by atoms with van der Waals surface area (Å²) in [4.78, 5) is 26.5. The SMILES string of the molecule is CCc1nn(CC(=O)NCc2ccccc2Br)c(=O)c2cc3sc(C)cc3n12. The summed E-state index contributed by atoms with van der Waals surface area (Å²) in [5.41, 5.74) is 2.29. The van der Waals surface area contributed by atoms with Crippen molar-refractivity contribution in [3.63, 3.8) is 0 Å². The number of fused-ring (bicyclic) bond motifs is 3. The molecule has 28 heavy (non-hydrogen) atoms.